The molecule has 0 saturated carbocycles. The highest BCUT2D eigenvalue weighted by Crippen LogP contribution is 2.19. The zero-order chi connectivity index (χ0) is 11.5. The van der Waals surface area contributed by atoms with Crippen molar-refractivity contribution in [2.24, 2.45) is 0 Å². The van der Waals surface area contributed by atoms with E-state index in [2.05, 4.69) is 25.5 Å². The molecule has 2 fully saturated rings. The third-order valence-corrected chi connectivity index (χ3v) is 4.54. The van der Waals surface area contributed by atoms with Gasteiger partial charge >= 0.3 is 0 Å². The Morgan fingerprint density at radius 2 is 2.24 bits per heavy atom. The van der Waals surface area contributed by atoms with Crippen LogP contribution in [0.15, 0.2) is 11.6 Å². The van der Waals surface area contributed by atoms with Gasteiger partial charge in [0.25, 0.3) is 0 Å². The highest BCUT2D eigenvalue weighted by molar-refractivity contribution is 7.13. The molecule has 0 aliphatic carbocycles. The van der Waals surface area contributed by atoms with E-state index in [9.17, 15) is 0 Å². The van der Waals surface area contributed by atoms with Crippen LogP contribution in [0, 0.1) is 0 Å². The molecule has 3 rings (SSSR count). The van der Waals surface area contributed by atoms with E-state index in [-0.39, 0.29) is 0 Å². The largest absolute Gasteiger partial charge is 0.346 e. The van der Waals surface area contributed by atoms with Gasteiger partial charge in [0.1, 0.15) is 0 Å². The van der Waals surface area contributed by atoms with Crippen molar-refractivity contribution in [3.8, 4) is 0 Å². The van der Waals surface area contributed by atoms with Gasteiger partial charge < -0.3 is 10.2 Å². The molecule has 1 atom stereocenters. The van der Waals surface area contributed by atoms with E-state index < -0.39 is 0 Å². The van der Waals surface area contributed by atoms with Crippen LogP contribution in [0.5, 0.6) is 0 Å². The fourth-order valence-electron chi connectivity index (χ4n) is 2.72. The molecule has 4 nitrogen and oxygen atoms in total. The number of anilines is 1. The van der Waals surface area contributed by atoms with Crippen LogP contribution in [-0.4, -0.2) is 55.2 Å². The number of hydrogen-bond acceptors (Lipinski definition) is 5. The maximum Gasteiger partial charge on any atom is 0.185 e. The highest BCUT2D eigenvalue weighted by atomic mass is 32.1. The van der Waals surface area contributed by atoms with E-state index in [0.717, 1.165) is 19.1 Å². The van der Waals surface area contributed by atoms with Gasteiger partial charge in [-0.25, -0.2) is 4.98 Å². The lowest BCUT2D eigenvalue weighted by molar-refractivity contribution is 0.236. The number of nitrogens with one attached hydrogen (secondary N) is 1. The topological polar surface area (TPSA) is 31.4 Å². The fraction of sp³-hybridized carbons (Fsp3) is 0.750. The minimum Gasteiger partial charge on any atom is -0.346 e. The summed E-state index contributed by atoms with van der Waals surface area (Å²) in [6, 6.07) is 0.737. The minimum atomic E-state index is 0.737. The first-order chi connectivity index (χ1) is 8.42. The maximum atomic E-state index is 4.38. The summed E-state index contributed by atoms with van der Waals surface area (Å²) in [5, 5.41) is 6.82. The number of rotatable bonds is 3. The molecular weight excluding hydrogens is 232 g/mol. The van der Waals surface area contributed by atoms with E-state index in [0.29, 0.717) is 0 Å². The molecule has 0 aromatic carbocycles. The van der Waals surface area contributed by atoms with Crippen molar-refractivity contribution in [1.29, 1.82) is 0 Å². The number of aromatic nitrogens is 1. The number of nitrogens with zero attached hydrogens (tertiary/aromatic N) is 3. The Bertz CT molecular complexity index is 326. The molecule has 2 aliphatic rings. The van der Waals surface area contributed by atoms with E-state index in [1.807, 2.05) is 6.20 Å². The first-order valence-corrected chi connectivity index (χ1v) is 7.40. The fourth-order valence-corrected chi connectivity index (χ4v) is 3.41. The van der Waals surface area contributed by atoms with Crippen LogP contribution in [0.2, 0.25) is 0 Å². The molecule has 0 radical (unpaired) electrons. The summed E-state index contributed by atoms with van der Waals surface area (Å²) in [5.41, 5.74) is 0. The van der Waals surface area contributed by atoms with Crippen molar-refractivity contribution in [2.75, 3.05) is 44.2 Å². The molecule has 5 heteroatoms. The Kier molecular flexibility index (Phi) is 3.59. The van der Waals surface area contributed by atoms with Gasteiger partial charge in [0.2, 0.25) is 0 Å². The molecule has 2 saturated heterocycles. The molecule has 3 heterocycles. The molecule has 1 unspecified atom stereocenters. The lowest BCUT2D eigenvalue weighted by atomic mass is 10.2. The second-order valence-electron chi connectivity index (χ2n) is 4.90. The van der Waals surface area contributed by atoms with Gasteiger partial charge in [-0.05, 0) is 19.4 Å². The van der Waals surface area contributed by atoms with Gasteiger partial charge in [-0.15, -0.1) is 11.3 Å². The first-order valence-electron chi connectivity index (χ1n) is 6.52. The summed E-state index contributed by atoms with van der Waals surface area (Å²) in [5.74, 6) is 0. The SMILES string of the molecule is c1csc(N2CCN(CC3CCCN3)CC2)n1. The van der Waals surface area contributed by atoms with Crippen molar-refractivity contribution >= 4 is 16.5 Å². The average molecular weight is 252 g/mol. The zero-order valence-corrected chi connectivity index (χ0v) is 11.0. The quantitative estimate of drug-likeness (QED) is 0.870. The van der Waals surface area contributed by atoms with Gasteiger partial charge in [0.05, 0.1) is 0 Å². The standard InChI is InChI=1S/C12H20N4S/c1-2-11(13-3-1)10-15-5-7-16(8-6-15)12-14-4-9-17-12/h4,9,11,13H,1-3,5-8,10H2. The van der Waals surface area contributed by atoms with Crippen LogP contribution in [-0.2, 0) is 0 Å². The van der Waals surface area contributed by atoms with Gasteiger partial charge in [0, 0.05) is 50.3 Å². The van der Waals surface area contributed by atoms with E-state index in [1.165, 1.54) is 44.2 Å². The van der Waals surface area contributed by atoms with Crippen LogP contribution in [0.4, 0.5) is 5.13 Å². The Labute approximate surface area is 107 Å². The van der Waals surface area contributed by atoms with Crippen molar-refractivity contribution < 1.29 is 0 Å². The van der Waals surface area contributed by atoms with Gasteiger partial charge in [-0.2, -0.15) is 0 Å². The van der Waals surface area contributed by atoms with Crippen molar-refractivity contribution in [3.05, 3.63) is 11.6 Å². The van der Waals surface area contributed by atoms with E-state index >= 15 is 0 Å². The summed E-state index contributed by atoms with van der Waals surface area (Å²) in [4.78, 5) is 9.38. The monoisotopic (exact) mass is 252 g/mol. The molecule has 0 amide bonds. The molecule has 17 heavy (non-hydrogen) atoms. The molecule has 1 N–H and O–H groups in total. The highest BCUT2D eigenvalue weighted by Gasteiger charge is 2.22. The number of thiazole rings is 1. The summed E-state index contributed by atoms with van der Waals surface area (Å²) in [7, 11) is 0. The predicted octanol–water partition coefficient (Wildman–Crippen LogP) is 1.02. The second-order valence-corrected chi connectivity index (χ2v) is 5.77. The summed E-state index contributed by atoms with van der Waals surface area (Å²) < 4.78 is 0. The molecule has 0 bridgehead atoms. The van der Waals surface area contributed by atoms with Gasteiger partial charge in [0.15, 0.2) is 5.13 Å². The summed E-state index contributed by atoms with van der Waals surface area (Å²) in [6.07, 6.45) is 4.60. The Balaban J connectivity index is 1.47. The van der Waals surface area contributed by atoms with E-state index in [4.69, 9.17) is 0 Å². The van der Waals surface area contributed by atoms with Crippen molar-refractivity contribution in [2.45, 2.75) is 18.9 Å². The summed E-state index contributed by atoms with van der Waals surface area (Å²) >= 11 is 1.75. The van der Waals surface area contributed by atoms with E-state index in [1.54, 1.807) is 11.3 Å². The molecular formula is C12H20N4S. The zero-order valence-electron chi connectivity index (χ0n) is 10.1. The third kappa shape index (κ3) is 2.78. The molecule has 1 aromatic heterocycles. The predicted molar refractivity (Wildman–Crippen MR) is 71.8 cm³/mol. The minimum absolute atomic E-state index is 0.737. The lowest BCUT2D eigenvalue weighted by Gasteiger charge is -2.35. The normalized spacial score (nSPS) is 26.6. The Morgan fingerprint density at radius 1 is 1.35 bits per heavy atom. The third-order valence-electron chi connectivity index (χ3n) is 3.70. The van der Waals surface area contributed by atoms with Gasteiger partial charge in [-0.1, -0.05) is 0 Å². The average Bonchev–Trinajstić information content (AvgIpc) is 3.01. The number of hydrogen-bond donors (Lipinski definition) is 1. The molecule has 1 aromatic rings. The van der Waals surface area contributed by atoms with Crippen LogP contribution in [0.1, 0.15) is 12.8 Å². The lowest BCUT2D eigenvalue weighted by Crippen LogP contribution is -2.49. The molecule has 94 valence electrons. The Morgan fingerprint density at radius 3 is 2.88 bits per heavy atom. The maximum absolute atomic E-state index is 4.38. The molecule has 0 spiro atoms. The smallest absolute Gasteiger partial charge is 0.185 e. The first kappa shape index (κ1) is 11.4. The van der Waals surface area contributed by atoms with Crippen LogP contribution < -0.4 is 10.2 Å². The van der Waals surface area contributed by atoms with Crippen LogP contribution in [0.25, 0.3) is 0 Å². The Hall–Kier alpha value is -0.650. The number of piperazine rings is 1. The second kappa shape index (κ2) is 5.33. The van der Waals surface area contributed by atoms with Crippen LogP contribution >= 0.6 is 11.3 Å². The van der Waals surface area contributed by atoms with Crippen LogP contribution in [0.3, 0.4) is 0 Å². The van der Waals surface area contributed by atoms with Crippen molar-refractivity contribution in [3.63, 3.8) is 0 Å². The molecule has 2 aliphatic heterocycles. The summed E-state index contributed by atoms with van der Waals surface area (Å²) in [6.45, 7) is 7.05. The van der Waals surface area contributed by atoms with Crippen molar-refractivity contribution in [1.82, 2.24) is 15.2 Å². The van der Waals surface area contributed by atoms with Gasteiger partial charge in [-0.3, -0.25) is 4.90 Å².